The summed E-state index contributed by atoms with van der Waals surface area (Å²) in [4.78, 5) is 21.6. The summed E-state index contributed by atoms with van der Waals surface area (Å²) in [5.74, 6) is 0.375. The molecular formula is C20H28N4O2. The first kappa shape index (κ1) is 17.3. The molecule has 2 aromatic rings. The smallest absolute Gasteiger partial charge is 0.298 e. The molecule has 26 heavy (non-hydrogen) atoms. The third-order valence-corrected chi connectivity index (χ3v) is 5.71. The molecule has 0 bridgehead atoms. The number of benzene rings is 1. The number of carbonyl (C=O) groups is 1. The Bertz CT molecular complexity index is 718. The molecule has 2 aliphatic rings. The quantitative estimate of drug-likeness (QED) is 0.912. The Morgan fingerprint density at radius 1 is 1.23 bits per heavy atom. The molecule has 2 saturated heterocycles. The maximum absolute atomic E-state index is 12.2. The lowest BCUT2D eigenvalue weighted by Gasteiger charge is -2.41. The Labute approximate surface area is 154 Å². The predicted molar refractivity (Wildman–Crippen MR) is 102 cm³/mol. The fourth-order valence-corrected chi connectivity index (χ4v) is 4.29. The van der Waals surface area contributed by atoms with E-state index >= 15 is 0 Å². The summed E-state index contributed by atoms with van der Waals surface area (Å²) in [6.07, 6.45) is 4.33. The lowest BCUT2D eigenvalue weighted by molar-refractivity contribution is -0.127. The summed E-state index contributed by atoms with van der Waals surface area (Å²) in [7, 11) is 0. The number of amides is 1. The van der Waals surface area contributed by atoms with Crippen molar-refractivity contribution in [3.63, 3.8) is 0 Å². The Hall–Kier alpha value is -2.08. The van der Waals surface area contributed by atoms with Crippen LogP contribution < -0.4 is 10.2 Å². The van der Waals surface area contributed by atoms with Crippen LogP contribution in [-0.2, 0) is 4.79 Å². The molecule has 1 N–H and O–H groups in total. The molecule has 1 aromatic heterocycles. The number of piperidine rings is 2. The molecule has 1 amide bonds. The van der Waals surface area contributed by atoms with Gasteiger partial charge in [0.2, 0.25) is 5.91 Å². The van der Waals surface area contributed by atoms with Crippen LogP contribution in [0.4, 0.5) is 6.01 Å². The molecule has 0 spiro atoms. The molecule has 3 heterocycles. The first-order chi connectivity index (χ1) is 12.7. The minimum absolute atomic E-state index is 0.152. The SMILES string of the molecule is CCNC(=O)[C@H]1CCCN(C2CCN(c3nc4ccccc4o3)CC2)C1. The number of likely N-dealkylation sites (tertiary alicyclic amines) is 1. The number of nitrogens with zero attached hydrogens (tertiary/aromatic N) is 3. The fourth-order valence-electron chi connectivity index (χ4n) is 4.29. The van der Waals surface area contributed by atoms with E-state index < -0.39 is 0 Å². The third-order valence-electron chi connectivity index (χ3n) is 5.71. The first-order valence-electron chi connectivity index (χ1n) is 9.87. The van der Waals surface area contributed by atoms with Gasteiger partial charge in [-0.05, 0) is 51.3 Å². The lowest BCUT2D eigenvalue weighted by Crippen LogP contribution is -2.50. The highest BCUT2D eigenvalue weighted by atomic mass is 16.4. The van der Waals surface area contributed by atoms with Crippen molar-refractivity contribution in [3.05, 3.63) is 24.3 Å². The molecule has 6 nitrogen and oxygen atoms in total. The van der Waals surface area contributed by atoms with Gasteiger partial charge in [-0.3, -0.25) is 9.69 Å². The van der Waals surface area contributed by atoms with E-state index in [4.69, 9.17) is 4.42 Å². The van der Waals surface area contributed by atoms with E-state index in [1.807, 2.05) is 31.2 Å². The minimum Gasteiger partial charge on any atom is -0.423 e. The molecule has 0 aliphatic carbocycles. The molecule has 2 fully saturated rings. The normalized spacial score (nSPS) is 22.7. The molecular weight excluding hydrogens is 328 g/mol. The van der Waals surface area contributed by atoms with E-state index in [0.717, 1.165) is 75.5 Å². The van der Waals surface area contributed by atoms with E-state index in [0.29, 0.717) is 6.04 Å². The molecule has 4 rings (SSSR count). The Morgan fingerprint density at radius 3 is 2.81 bits per heavy atom. The maximum Gasteiger partial charge on any atom is 0.298 e. The number of carbonyl (C=O) groups excluding carboxylic acids is 1. The maximum atomic E-state index is 12.2. The number of oxazole rings is 1. The monoisotopic (exact) mass is 356 g/mol. The topological polar surface area (TPSA) is 61.6 Å². The summed E-state index contributed by atoms with van der Waals surface area (Å²) >= 11 is 0. The van der Waals surface area contributed by atoms with Crippen molar-refractivity contribution >= 4 is 23.0 Å². The van der Waals surface area contributed by atoms with Gasteiger partial charge < -0.3 is 14.6 Å². The van der Waals surface area contributed by atoms with Crippen molar-refractivity contribution in [1.82, 2.24) is 15.2 Å². The van der Waals surface area contributed by atoms with Gasteiger partial charge in [0.1, 0.15) is 5.52 Å². The van der Waals surface area contributed by atoms with E-state index in [2.05, 4.69) is 20.1 Å². The number of hydrogen-bond acceptors (Lipinski definition) is 5. The van der Waals surface area contributed by atoms with Crippen LogP contribution in [0.1, 0.15) is 32.6 Å². The van der Waals surface area contributed by atoms with Gasteiger partial charge in [0, 0.05) is 32.2 Å². The Balaban J connectivity index is 1.35. The number of para-hydroxylation sites is 2. The van der Waals surface area contributed by atoms with Crippen LogP contribution in [0.3, 0.4) is 0 Å². The zero-order valence-electron chi connectivity index (χ0n) is 15.5. The average Bonchev–Trinajstić information content (AvgIpc) is 3.13. The zero-order chi connectivity index (χ0) is 17.9. The van der Waals surface area contributed by atoms with Crippen LogP contribution >= 0.6 is 0 Å². The number of aromatic nitrogens is 1. The van der Waals surface area contributed by atoms with Crippen LogP contribution in [0, 0.1) is 5.92 Å². The van der Waals surface area contributed by atoms with Crippen LogP contribution in [-0.4, -0.2) is 54.6 Å². The van der Waals surface area contributed by atoms with Gasteiger partial charge in [-0.2, -0.15) is 4.98 Å². The van der Waals surface area contributed by atoms with Crippen molar-refractivity contribution in [2.45, 2.75) is 38.6 Å². The number of rotatable bonds is 4. The molecule has 140 valence electrons. The molecule has 0 unspecified atom stereocenters. The largest absolute Gasteiger partial charge is 0.423 e. The molecule has 0 saturated carbocycles. The first-order valence-corrected chi connectivity index (χ1v) is 9.87. The number of fused-ring (bicyclic) bond motifs is 1. The van der Waals surface area contributed by atoms with E-state index in [1.165, 1.54) is 0 Å². The minimum atomic E-state index is 0.152. The van der Waals surface area contributed by atoms with Gasteiger partial charge in [0.25, 0.3) is 6.01 Å². The van der Waals surface area contributed by atoms with E-state index in [1.54, 1.807) is 0 Å². The highest BCUT2D eigenvalue weighted by Gasteiger charge is 2.32. The standard InChI is InChI=1S/C20H28N4O2/c1-2-21-19(25)15-6-5-11-24(14-15)16-9-12-23(13-10-16)20-22-17-7-3-4-8-18(17)26-20/h3-4,7-8,15-16H,2,5-6,9-14H2,1H3,(H,21,25)/t15-/m0/s1. The zero-order valence-corrected chi connectivity index (χ0v) is 15.5. The van der Waals surface area contributed by atoms with Crippen LogP contribution in [0.5, 0.6) is 0 Å². The average molecular weight is 356 g/mol. The predicted octanol–water partition coefficient (Wildman–Crippen LogP) is 2.64. The van der Waals surface area contributed by atoms with Crippen molar-refractivity contribution in [2.24, 2.45) is 5.92 Å². The second kappa shape index (κ2) is 7.66. The summed E-state index contributed by atoms with van der Waals surface area (Å²) in [5.41, 5.74) is 1.77. The summed E-state index contributed by atoms with van der Waals surface area (Å²) in [5, 5.41) is 2.99. The lowest BCUT2D eigenvalue weighted by atomic mass is 9.93. The molecule has 2 aliphatic heterocycles. The molecule has 1 atom stereocenters. The highest BCUT2D eigenvalue weighted by Crippen LogP contribution is 2.28. The molecule has 0 radical (unpaired) electrons. The van der Waals surface area contributed by atoms with Gasteiger partial charge in [-0.15, -0.1) is 0 Å². The Kier molecular flexibility index (Phi) is 5.11. The number of nitrogens with one attached hydrogen (secondary N) is 1. The van der Waals surface area contributed by atoms with Gasteiger partial charge in [0.15, 0.2) is 5.58 Å². The van der Waals surface area contributed by atoms with Gasteiger partial charge in [-0.1, -0.05) is 12.1 Å². The van der Waals surface area contributed by atoms with Crippen LogP contribution in [0.15, 0.2) is 28.7 Å². The van der Waals surface area contributed by atoms with Crippen molar-refractivity contribution < 1.29 is 9.21 Å². The summed E-state index contributed by atoms with van der Waals surface area (Å²) in [6.45, 7) is 6.64. The third kappa shape index (κ3) is 3.56. The van der Waals surface area contributed by atoms with Gasteiger partial charge >= 0.3 is 0 Å². The Morgan fingerprint density at radius 2 is 2.04 bits per heavy atom. The van der Waals surface area contributed by atoms with Crippen molar-refractivity contribution in [1.29, 1.82) is 0 Å². The number of hydrogen-bond donors (Lipinski definition) is 1. The second-order valence-electron chi connectivity index (χ2n) is 7.41. The fraction of sp³-hybridized carbons (Fsp3) is 0.600. The van der Waals surface area contributed by atoms with Gasteiger partial charge in [-0.25, -0.2) is 0 Å². The second-order valence-corrected chi connectivity index (χ2v) is 7.41. The van der Waals surface area contributed by atoms with Gasteiger partial charge in [0.05, 0.1) is 5.92 Å². The highest BCUT2D eigenvalue weighted by molar-refractivity contribution is 5.78. The van der Waals surface area contributed by atoms with E-state index in [9.17, 15) is 4.79 Å². The van der Waals surface area contributed by atoms with Crippen LogP contribution in [0.25, 0.3) is 11.1 Å². The summed E-state index contributed by atoms with van der Waals surface area (Å²) in [6, 6.07) is 9.22. The molecule has 6 heteroatoms. The van der Waals surface area contributed by atoms with E-state index in [-0.39, 0.29) is 11.8 Å². The number of anilines is 1. The molecule has 1 aromatic carbocycles. The summed E-state index contributed by atoms with van der Waals surface area (Å²) < 4.78 is 5.91. The van der Waals surface area contributed by atoms with Crippen molar-refractivity contribution in [2.75, 3.05) is 37.6 Å². The van der Waals surface area contributed by atoms with Crippen LogP contribution in [0.2, 0.25) is 0 Å². The van der Waals surface area contributed by atoms with Crippen molar-refractivity contribution in [3.8, 4) is 0 Å².